The van der Waals surface area contributed by atoms with Gasteiger partial charge >= 0.3 is 0 Å². The van der Waals surface area contributed by atoms with Crippen molar-refractivity contribution >= 4 is 17.2 Å². The van der Waals surface area contributed by atoms with Crippen LogP contribution in [0.3, 0.4) is 0 Å². The number of hydrogen-bond acceptors (Lipinski definition) is 4. The van der Waals surface area contributed by atoms with E-state index in [0.717, 1.165) is 5.56 Å². The minimum Gasteiger partial charge on any atom is -0.457 e. The summed E-state index contributed by atoms with van der Waals surface area (Å²) >= 11 is 1.60. The van der Waals surface area contributed by atoms with Gasteiger partial charge in [0.1, 0.15) is 17.6 Å². The predicted octanol–water partition coefficient (Wildman–Crippen LogP) is 4.66. The van der Waals surface area contributed by atoms with E-state index in [2.05, 4.69) is 5.32 Å². The van der Waals surface area contributed by atoms with Crippen molar-refractivity contribution in [2.24, 2.45) is 0 Å². The molecule has 0 radical (unpaired) electrons. The van der Waals surface area contributed by atoms with Crippen LogP contribution in [0.4, 0.5) is 0 Å². The van der Waals surface area contributed by atoms with Gasteiger partial charge in [-0.3, -0.25) is 4.79 Å². The van der Waals surface area contributed by atoms with Gasteiger partial charge in [0.25, 0.3) is 5.91 Å². The monoisotopic (exact) mass is 353 g/mol. The minimum atomic E-state index is -0.191. The van der Waals surface area contributed by atoms with Gasteiger partial charge in [0.15, 0.2) is 0 Å². The second-order valence-corrected chi connectivity index (χ2v) is 6.18. The zero-order valence-corrected chi connectivity index (χ0v) is 14.7. The van der Waals surface area contributed by atoms with Crippen LogP contribution in [-0.4, -0.2) is 19.6 Å². The fourth-order valence-corrected chi connectivity index (χ4v) is 3.14. The lowest BCUT2D eigenvalue weighted by Crippen LogP contribution is -2.29. The molecule has 0 aliphatic heterocycles. The normalized spacial score (nSPS) is 11.7. The van der Waals surface area contributed by atoms with Gasteiger partial charge in [-0.15, -0.1) is 0 Å². The first-order valence-electron chi connectivity index (χ1n) is 7.93. The van der Waals surface area contributed by atoms with E-state index in [0.29, 0.717) is 23.6 Å². The summed E-state index contributed by atoms with van der Waals surface area (Å²) in [6, 6.07) is 18.6. The Morgan fingerprint density at radius 3 is 2.56 bits per heavy atom. The molecule has 1 amide bonds. The van der Waals surface area contributed by atoms with E-state index in [9.17, 15) is 4.79 Å². The van der Waals surface area contributed by atoms with Gasteiger partial charge in [0.05, 0.1) is 5.56 Å². The molecule has 0 fully saturated rings. The Morgan fingerprint density at radius 1 is 1.08 bits per heavy atom. The molecule has 0 saturated heterocycles. The van der Waals surface area contributed by atoms with Crippen molar-refractivity contribution in [2.75, 3.05) is 13.7 Å². The van der Waals surface area contributed by atoms with E-state index in [-0.39, 0.29) is 12.0 Å². The maximum Gasteiger partial charge on any atom is 0.255 e. The van der Waals surface area contributed by atoms with E-state index < -0.39 is 0 Å². The minimum absolute atomic E-state index is 0.169. The summed E-state index contributed by atoms with van der Waals surface area (Å²) in [6.07, 6.45) is -0.169. The molecular weight excluding hydrogens is 334 g/mol. The Morgan fingerprint density at radius 2 is 1.84 bits per heavy atom. The molecule has 128 valence electrons. The van der Waals surface area contributed by atoms with Crippen LogP contribution < -0.4 is 10.1 Å². The second kappa shape index (κ2) is 8.46. The molecule has 0 spiro atoms. The molecule has 1 aromatic heterocycles. The van der Waals surface area contributed by atoms with Gasteiger partial charge in [-0.2, -0.15) is 11.3 Å². The van der Waals surface area contributed by atoms with Crippen LogP contribution in [0.25, 0.3) is 0 Å². The van der Waals surface area contributed by atoms with E-state index in [1.54, 1.807) is 30.6 Å². The molecule has 1 heterocycles. The Bertz CT molecular complexity index is 803. The molecule has 0 saturated carbocycles. The van der Waals surface area contributed by atoms with Crippen LogP contribution in [0.1, 0.15) is 22.0 Å². The summed E-state index contributed by atoms with van der Waals surface area (Å²) < 4.78 is 11.3. The van der Waals surface area contributed by atoms with E-state index in [4.69, 9.17) is 9.47 Å². The molecule has 0 aliphatic carbocycles. The molecule has 0 aliphatic rings. The Labute approximate surface area is 151 Å². The highest BCUT2D eigenvalue weighted by molar-refractivity contribution is 7.07. The summed E-state index contributed by atoms with van der Waals surface area (Å²) in [7, 11) is 1.64. The molecular formula is C20H19NO3S. The molecule has 3 rings (SSSR count). The Kier molecular flexibility index (Phi) is 5.82. The third-order valence-electron chi connectivity index (χ3n) is 3.75. The number of benzene rings is 2. The van der Waals surface area contributed by atoms with Gasteiger partial charge in [0.2, 0.25) is 0 Å². The lowest BCUT2D eigenvalue weighted by Gasteiger charge is -2.16. The third kappa shape index (κ3) is 4.47. The van der Waals surface area contributed by atoms with E-state index in [1.807, 2.05) is 59.3 Å². The second-order valence-electron chi connectivity index (χ2n) is 5.40. The van der Waals surface area contributed by atoms with Crippen LogP contribution in [-0.2, 0) is 4.74 Å². The number of thiophene rings is 1. The number of ether oxygens (including phenoxy) is 2. The van der Waals surface area contributed by atoms with Crippen molar-refractivity contribution in [2.45, 2.75) is 6.10 Å². The average Bonchev–Trinajstić information content (AvgIpc) is 3.18. The number of nitrogens with one attached hydrogen (secondary N) is 1. The van der Waals surface area contributed by atoms with Crippen molar-refractivity contribution in [1.82, 2.24) is 5.32 Å². The molecule has 4 nitrogen and oxygen atoms in total. The summed E-state index contributed by atoms with van der Waals surface area (Å²) in [5.74, 6) is 1.02. The Hall–Kier alpha value is -2.63. The standard InChI is InChI=1S/C20H19NO3S/c1-23-19(15-11-12-25-14-15)13-21-20(22)17-9-5-6-10-18(17)24-16-7-3-2-4-8-16/h2-12,14,19H,13H2,1H3,(H,21,22). The fraction of sp³-hybridized carbons (Fsp3) is 0.150. The summed E-state index contributed by atoms with van der Waals surface area (Å²) in [5, 5.41) is 6.94. The molecule has 25 heavy (non-hydrogen) atoms. The third-order valence-corrected chi connectivity index (χ3v) is 4.45. The van der Waals surface area contributed by atoms with Crippen LogP contribution >= 0.6 is 11.3 Å². The molecule has 1 unspecified atom stereocenters. The zero-order chi connectivity index (χ0) is 17.5. The highest BCUT2D eigenvalue weighted by atomic mass is 32.1. The van der Waals surface area contributed by atoms with Gasteiger partial charge in [-0.1, -0.05) is 30.3 Å². The summed E-state index contributed by atoms with van der Waals surface area (Å²) in [5.41, 5.74) is 1.55. The number of rotatable bonds is 7. The first-order chi connectivity index (χ1) is 12.3. The highest BCUT2D eigenvalue weighted by Crippen LogP contribution is 2.25. The first-order valence-corrected chi connectivity index (χ1v) is 8.87. The van der Waals surface area contributed by atoms with Crippen molar-refractivity contribution < 1.29 is 14.3 Å². The maximum atomic E-state index is 12.6. The van der Waals surface area contributed by atoms with Crippen molar-refractivity contribution in [3.8, 4) is 11.5 Å². The number of amides is 1. The number of carbonyl (C=O) groups is 1. The first kappa shape index (κ1) is 17.2. The van der Waals surface area contributed by atoms with Crippen molar-refractivity contribution in [3.05, 3.63) is 82.6 Å². The van der Waals surface area contributed by atoms with E-state index >= 15 is 0 Å². The largest absolute Gasteiger partial charge is 0.457 e. The Balaban J connectivity index is 1.70. The number of para-hydroxylation sites is 2. The SMILES string of the molecule is COC(CNC(=O)c1ccccc1Oc1ccccc1)c1ccsc1. The van der Waals surface area contributed by atoms with Crippen LogP contribution in [0.2, 0.25) is 0 Å². The van der Waals surface area contributed by atoms with Crippen LogP contribution in [0, 0.1) is 0 Å². The maximum absolute atomic E-state index is 12.6. The fourth-order valence-electron chi connectivity index (χ4n) is 2.43. The summed E-state index contributed by atoms with van der Waals surface area (Å²) in [4.78, 5) is 12.6. The lowest BCUT2D eigenvalue weighted by atomic mass is 10.1. The molecule has 3 aromatic rings. The van der Waals surface area contributed by atoms with E-state index in [1.165, 1.54) is 0 Å². The molecule has 1 atom stereocenters. The summed E-state index contributed by atoms with van der Waals surface area (Å²) in [6.45, 7) is 0.395. The molecule has 2 aromatic carbocycles. The zero-order valence-electron chi connectivity index (χ0n) is 13.8. The molecule has 0 bridgehead atoms. The molecule has 1 N–H and O–H groups in total. The van der Waals surface area contributed by atoms with Gasteiger partial charge in [-0.05, 0) is 46.7 Å². The van der Waals surface area contributed by atoms with Crippen LogP contribution in [0.5, 0.6) is 11.5 Å². The van der Waals surface area contributed by atoms with Gasteiger partial charge in [0, 0.05) is 13.7 Å². The number of carbonyl (C=O) groups excluding carboxylic acids is 1. The van der Waals surface area contributed by atoms with Crippen LogP contribution in [0.15, 0.2) is 71.4 Å². The number of hydrogen-bond donors (Lipinski definition) is 1. The predicted molar refractivity (Wildman–Crippen MR) is 99.4 cm³/mol. The van der Waals surface area contributed by atoms with Gasteiger partial charge < -0.3 is 14.8 Å². The smallest absolute Gasteiger partial charge is 0.255 e. The topological polar surface area (TPSA) is 47.6 Å². The van der Waals surface area contributed by atoms with Crippen molar-refractivity contribution in [1.29, 1.82) is 0 Å². The quantitative estimate of drug-likeness (QED) is 0.672. The lowest BCUT2D eigenvalue weighted by molar-refractivity contribution is 0.0827. The molecule has 5 heteroatoms. The number of methoxy groups -OCH3 is 1. The average molecular weight is 353 g/mol. The highest BCUT2D eigenvalue weighted by Gasteiger charge is 2.16. The van der Waals surface area contributed by atoms with Gasteiger partial charge in [-0.25, -0.2) is 0 Å². The van der Waals surface area contributed by atoms with Crippen molar-refractivity contribution in [3.63, 3.8) is 0 Å².